The summed E-state index contributed by atoms with van der Waals surface area (Å²) in [5.74, 6) is 0.627. The Bertz CT molecular complexity index is 411. The highest BCUT2D eigenvalue weighted by Crippen LogP contribution is 2.19. The third kappa shape index (κ3) is 6.73. The second kappa shape index (κ2) is 10.5. The number of hydrogen-bond donors (Lipinski definition) is 2. The van der Waals surface area contributed by atoms with Gasteiger partial charge in [0.1, 0.15) is 19.6 Å². The fraction of sp³-hybridized carbons (Fsp3) is 0.579. The van der Waals surface area contributed by atoms with E-state index in [4.69, 9.17) is 0 Å². The first kappa shape index (κ1) is 18.9. The lowest BCUT2D eigenvalue weighted by atomic mass is 10.0. The molecule has 0 aromatic heterocycles. The van der Waals surface area contributed by atoms with Gasteiger partial charge in [0.2, 0.25) is 0 Å². The number of allylic oxidation sites excluding steroid dienone is 2. The molecule has 0 heterocycles. The summed E-state index contributed by atoms with van der Waals surface area (Å²) < 4.78 is 0.761. The predicted molar refractivity (Wildman–Crippen MR) is 92.4 cm³/mol. The van der Waals surface area contributed by atoms with Gasteiger partial charge in [-0.15, -0.1) is 0 Å². The van der Waals surface area contributed by atoms with E-state index in [-0.39, 0.29) is 13.2 Å². The second-order valence-electron chi connectivity index (χ2n) is 6.30. The Kier molecular flexibility index (Phi) is 9.05. The minimum atomic E-state index is 0.163. The number of aliphatic hydroxyl groups is 2. The first-order valence-corrected chi connectivity index (χ1v) is 8.37. The molecule has 0 aliphatic carbocycles. The van der Waals surface area contributed by atoms with Gasteiger partial charge in [-0.1, -0.05) is 49.4 Å². The summed E-state index contributed by atoms with van der Waals surface area (Å²) in [5.41, 5.74) is 1.27. The van der Waals surface area contributed by atoms with E-state index in [9.17, 15) is 10.2 Å². The highest BCUT2D eigenvalue weighted by atomic mass is 16.3. The summed E-state index contributed by atoms with van der Waals surface area (Å²) in [7, 11) is 0. The lowest BCUT2D eigenvalue weighted by molar-refractivity contribution is -0.941. The first-order chi connectivity index (χ1) is 10.7. The molecule has 2 N–H and O–H groups in total. The average Bonchev–Trinajstić information content (AvgIpc) is 2.52. The number of rotatable bonds is 11. The van der Waals surface area contributed by atoms with Gasteiger partial charge in [-0.25, -0.2) is 0 Å². The van der Waals surface area contributed by atoms with Crippen LogP contribution in [-0.2, 0) is 6.54 Å². The maximum absolute atomic E-state index is 9.50. The molecule has 1 rings (SSSR count). The second-order valence-corrected chi connectivity index (χ2v) is 6.30. The Hall–Kier alpha value is -1.16. The molecule has 124 valence electrons. The fourth-order valence-corrected chi connectivity index (χ4v) is 2.95. The number of benzene rings is 1. The molecule has 0 saturated carbocycles. The smallest absolute Gasteiger partial charge is 0.104 e. The van der Waals surface area contributed by atoms with Crippen LogP contribution >= 0.6 is 0 Å². The van der Waals surface area contributed by atoms with Crippen molar-refractivity contribution in [2.75, 3.05) is 32.8 Å². The van der Waals surface area contributed by atoms with Crippen molar-refractivity contribution >= 4 is 0 Å². The molecule has 0 radical (unpaired) electrons. The van der Waals surface area contributed by atoms with E-state index in [1.54, 1.807) is 0 Å². The van der Waals surface area contributed by atoms with Crippen molar-refractivity contribution < 1.29 is 14.7 Å². The van der Waals surface area contributed by atoms with Gasteiger partial charge in [-0.05, 0) is 25.7 Å². The zero-order valence-electron chi connectivity index (χ0n) is 14.1. The number of aliphatic hydroxyl groups excluding tert-OH is 2. The molecule has 3 nitrogen and oxygen atoms in total. The molecule has 0 aliphatic rings. The monoisotopic (exact) mass is 306 g/mol. The number of quaternary nitrogens is 1. The number of nitrogens with zero attached hydrogens (tertiary/aromatic N) is 1. The number of hydrogen-bond acceptors (Lipinski definition) is 2. The molecular formula is C19H32NO2+. The molecule has 0 spiro atoms. The molecule has 1 aromatic rings. The van der Waals surface area contributed by atoms with Crippen molar-refractivity contribution in [1.82, 2.24) is 0 Å². The predicted octanol–water partition coefficient (Wildman–Crippen LogP) is 2.98. The van der Waals surface area contributed by atoms with Crippen molar-refractivity contribution in [3.05, 3.63) is 48.0 Å². The molecule has 0 amide bonds. The molecule has 0 saturated heterocycles. The summed E-state index contributed by atoms with van der Waals surface area (Å²) in [5, 5.41) is 19.0. The van der Waals surface area contributed by atoms with Gasteiger partial charge < -0.3 is 14.7 Å². The quantitative estimate of drug-likeness (QED) is 0.487. The minimum absolute atomic E-state index is 0.163. The molecule has 0 bridgehead atoms. The van der Waals surface area contributed by atoms with E-state index >= 15 is 0 Å². The fourth-order valence-electron chi connectivity index (χ4n) is 2.95. The van der Waals surface area contributed by atoms with Crippen LogP contribution in [0.3, 0.4) is 0 Å². The Morgan fingerprint density at radius 1 is 1.05 bits per heavy atom. The van der Waals surface area contributed by atoms with Crippen molar-refractivity contribution in [3.8, 4) is 0 Å². The van der Waals surface area contributed by atoms with E-state index < -0.39 is 0 Å². The van der Waals surface area contributed by atoms with Crippen LogP contribution < -0.4 is 0 Å². The van der Waals surface area contributed by atoms with Crippen LogP contribution in [0.4, 0.5) is 0 Å². The topological polar surface area (TPSA) is 40.5 Å². The molecule has 1 atom stereocenters. The van der Waals surface area contributed by atoms with Crippen molar-refractivity contribution in [1.29, 1.82) is 0 Å². The van der Waals surface area contributed by atoms with Gasteiger partial charge in [0.05, 0.1) is 19.8 Å². The first-order valence-electron chi connectivity index (χ1n) is 8.37. The van der Waals surface area contributed by atoms with E-state index in [2.05, 4.69) is 50.3 Å². The van der Waals surface area contributed by atoms with E-state index in [0.717, 1.165) is 30.4 Å². The van der Waals surface area contributed by atoms with Gasteiger partial charge in [0, 0.05) is 5.56 Å². The molecule has 1 aromatic carbocycles. The van der Waals surface area contributed by atoms with Crippen LogP contribution in [0.25, 0.3) is 0 Å². The normalized spacial score (nSPS) is 13.6. The highest BCUT2D eigenvalue weighted by molar-refractivity contribution is 5.13. The Balaban J connectivity index is 2.75. The van der Waals surface area contributed by atoms with Crippen LogP contribution in [0.15, 0.2) is 42.5 Å². The average molecular weight is 306 g/mol. The zero-order valence-corrected chi connectivity index (χ0v) is 14.1. The van der Waals surface area contributed by atoms with Crippen LogP contribution in [0.5, 0.6) is 0 Å². The van der Waals surface area contributed by atoms with E-state index in [0.29, 0.717) is 19.0 Å². The summed E-state index contributed by atoms with van der Waals surface area (Å²) >= 11 is 0. The van der Waals surface area contributed by atoms with E-state index in [1.807, 2.05) is 6.07 Å². The van der Waals surface area contributed by atoms with Crippen molar-refractivity contribution in [2.24, 2.45) is 5.92 Å². The van der Waals surface area contributed by atoms with Crippen molar-refractivity contribution in [2.45, 2.75) is 33.2 Å². The Morgan fingerprint density at radius 2 is 1.68 bits per heavy atom. The summed E-state index contributed by atoms with van der Waals surface area (Å²) in [4.78, 5) is 0. The zero-order chi connectivity index (χ0) is 16.3. The SMILES string of the molecule is CC=CCC(C)CC[N+](CCO)(CCO)Cc1ccccc1. The summed E-state index contributed by atoms with van der Waals surface area (Å²) in [6, 6.07) is 10.4. The van der Waals surface area contributed by atoms with Gasteiger partial charge in [-0.2, -0.15) is 0 Å². The summed E-state index contributed by atoms with van der Waals surface area (Å²) in [6.45, 7) is 7.92. The molecule has 3 heteroatoms. The minimum Gasteiger partial charge on any atom is -0.391 e. The lowest BCUT2D eigenvalue weighted by Gasteiger charge is -2.38. The van der Waals surface area contributed by atoms with Crippen LogP contribution in [0, 0.1) is 5.92 Å². The molecular weight excluding hydrogens is 274 g/mol. The highest BCUT2D eigenvalue weighted by Gasteiger charge is 2.27. The van der Waals surface area contributed by atoms with E-state index in [1.165, 1.54) is 5.56 Å². The summed E-state index contributed by atoms with van der Waals surface area (Å²) in [6.07, 6.45) is 6.52. The van der Waals surface area contributed by atoms with Gasteiger partial charge in [0.15, 0.2) is 0 Å². The third-order valence-corrected chi connectivity index (χ3v) is 4.38. The third-order valence-electron chi connectivity index (χ3n) is 4.38. The molecule has 1 unspecified atom stereocenters. The maximum Gasteiger partial charge on any atom is 0.104 e. The van der Waals surface area contributed by atoms with Crippen LogP contribution in [0.2, 0.25) is 0 Å². The van der Waals surface area contributed by atoms with Gasteiger partial charge in [0.25, 0.3) is 0 Å². The Morgan fingerprint density at radius 3 is 2.23 bits per heavy atom. The van der Waals surface area contributed by atoms with Gasteiger partial charge >= 0.3 is 0 Å². The van der Waals surface area contributed by atoms with Crippen LogP contribution in [0.1, 0.15) is 32.3 Å². The largest absolute Gasteiger partial charge is 0.391 e. The van der Waals surface area contributed by atoms with Crippen LogP contribution in [-0.4, -0.2) is 47.5 Å². The molecule has 22 heavy (non-hydrogen) atoms. The van der Waals surface area contributed by atoms with Gasteiger partial charge in [-0.3, -0.25) is 0 Å². The maximum atomic E-state index is 9.50. The molecule has 0 aliphatic heterocycles. The molecule has 0 fully saturated rings. The Labute approximate surface area is 135 Å². The lowest BCUT2D eigenvalue weighted by Crippen LogP contribution is -2.51. The standard InChI is InChI=1S/C19H32NO2/c1-3-4-8-18(2)11-12-20(13-15-21,14-16-22)17-19-9-6-5-7-10-19/h3-7,9-10,18,21-22H,8,11-17H2,1-2H3/q+1. The van der Waals surface area contributed by atoms with Crippen molar-refractivity contribution in [3.63, 3.8) is 0 Å².